The quantitative estimate of drug-likeness (QED) is 0.584. The average Bonchev–Trinajstić information content (AvgIpc) is 2.43. The van der Waals surface area contributed by atoms with E-state index in [1.807, 2.05) is 6.92 Å². The van der Waals surface area contributed by atoms with Crippen LogP contribution in [0, 0.1) is 11.3 Å². The Bertz CT molecular complexity index is 498. The summed E-state index contributed by atoms with van der Waals surface area (Å²) in [5.41, 5.74) is 3.44. The van der Waals surface area contributed by atoms with Crippen LogP contribution < -0.4 is 0 Å². The molecule has 0 saturated heterocycles. The topological polar surface area (TPSA) is 17.1 Å². The van der Waals surface area contributed by atoms with E-state index in [1.54, 1.807) is 0 Å². The van der Waals surface area contributed by atoms with Crippen molar-refractivity contribution in [3.63, 3.8) is 0 Å². The van der Waals surface area contributed by atoms with Crippen LogP contribution in [0.1, 0.15) is 60.8 Å². The number of ketones is 1. The van der Waals surface area contributed by atoms with Gasteiger partial charge in [-0.1, -0.05) is 70.1 Å². The van der Waals surface area contributed by atoms with Gasteiger partial charge in [0.05, 0.1) is 0 Å². The van der Waals surface area contributed by atoms with Crippen molar-refractivity contribution in [2.75, 3.05) is 0 Å². The Labute approximate surface area is 130 Å². The van der Waals surface area contributed by atoms with Gasteiger partial charge in [0.1, 0.15) is 0 Å². The minimum absolute atomic E-state index is 0.0985. The molecule has 0 saturated carbocycles. The Balaban J connectivity index is 2.87. The van der Waals surface area contributed by atoms with Crippen molar-refractivity contribution in [3.05, 3.63) is 47.1 Å². The molecule has 0 aliphatic heterocycles. The summed E-state index contributed by atoms with van der Waals surface area (Å²) in [4.78, 5) is 11.9. The zero-order chi connectivity index (χ0) is 16.0. The van der Waals surface area contributed by atoms with Crippen molar-refractivity contribution in [1.82, 2.24) is 0 Å². The van der Waals surface area contributed by atoms with Gasteiger partial charge in [-0.2, -0.15) is 0 Å². The number of rotatable bonds is 5. The van der Waals surface area contributed by atoms with Gasteiger partial charge >= 0.3 is 0 Å². The maximum Gasteiger partial charge on any atom is 0.158 e. The molecule has 1 aliphatic carbocycles. The molecule has 0 radical (unpaired) electrons. The van der Waals surface area contributed by atoms with E-state index in [-0.39, 0.29) is 5.41 Å². The Kier molecular flexibility index (Phi) is 6.39. The Morgan fingerprint density at radius 1 is 1.38 bits per heavy atom. The first-order chi connectivity index (χ1) is 9.77. The highest BCUT2D eigenvalue weighted by Gasteiger charge is 2.30. The van der Waals surface area contributed by atoms with E-state index < -0.39 is 0 Å². The van der Waals surface area contributed by atoms with Gasteiger partial charge in [-0.15, -0.1) is 0 Å². The SMILES string of the molecule is CCC(C)/C=C/C=C(C)/C=C/C1=C(C)C(=O)CCC1(C)C. The van der Waals surface area contributed by atoms with Gasteiger partial charge in [-0.3, -0.25) is 4.79 Å². The summed E-state index contributed by atoms with van der Waals surface area (Å²) in [6, 6.07) is 0. The predicted molar refractivity (Wildman–Crippen MR) is 92.2 cm³/mol. The second kappa shape index (κ2) is 7.59. The molecule has 1 rings (SSSR count). The van der Waals surface area contributed by atoms with Crippen molar-refractivity contribution in [2.24, 2.45) is 11.3 Å². The molecule has 1 atom stereocenters. The largest absolute Gasteiger partial charge is 0.295 e. The summed E-state index contributed by atoms with van der Waals surface area (Å²) in [5.74, 6) is 0.921. The summed E-state index contributed by atoms with van der Waals surface area (Å²) in [5, 5.41) is 0. The van der Waals surface area contributed by atoms with Crippen LogP contribution in [-0.2, 0) is 4.79 Å². The predicted octanol–water partition coefficient (Wildman–Crippen LogP) is 5.80. The lowest BCUT2D eigenvalue weighted by molar-refractivity contribution is -0.116. The van der Waals surface area contributed by atoms with Crippen LogP contribution in [0.15, 0.2) is 47.1 Å². The standard InChI is InChI=1S/C20H30O/c1-7-15(2)9-8-10-16(3)11-12-18-17(4)19(21)13-14-20(18,5)6/h8-12,15H,7,13-14H2,1-6H3/b9-8+,12-11+,16-10+. The highest BCUT2D eigenvalue weighted by molar-refractivity contribution is 5.97. The van der Waals surface area contributed by atoms with Gasteiger partial charge in [-0.05, 0) is 42.7 Å². The fourth-order valence-corrected chi connectivity index (χ4v) is 2.56. The zero-order valence-corrected chi connectivity index (χ0v) is 14.5. The molecule has 0 aromatic heterocycles. The van der Waals surface area contributed by atoms with Crippen molar-refractivity contribution in [2.45, 2.75) is 60.8 Å². The molecule has 0 spiro atoms. The molecule has 0 N–H and O–H groups in total. The van der Waals surface area contributed by atoms with Crippen LogP contribution in [0.4, 0.5) is 0 Å². The minimum atomic E-state index is 0.0985. The number of carbonyl (C=O) groups excluding carboxylic acids is 1. The highest BCUT2D eigenvalue weighted by atomic mass is 16.1. The second-order valence-corrected chi connectivity index (χ2v) is 6.86. The Morgan fingerprint density at radius 3 is 2.67 bits per heavy atom. The maximum atomic E-state index is 11.9. The van der Waals surface area contributed by atoms with Crippen molar-refractivity contribution in [1.29, 1.82) is 0 Å². The van der Waals surface area contributed by atoms with Crippen LogP contribution in [0.2, 0.25) is 0 Å². The normalized spacial score (nSPS) is 21.6. The van der Waals surface area contributed by atoms with Crippen LogP contribution in [0.25, 0.3) is 0 Å². The average molecular weight is 286 g/mol. The lowest BCUT2D eigenvalue weighted by Crippen LogP contribution is -2.24. The lowest BCUT2D eigenvalue weighted by Gasteiger charge is -2.32. The smallest absolute Gasteiger partial charge is 0.158 e. The van der Waals surface area contributed by atoms with Gasteiger partial charge in [0.15, 0.2) is 5.78 Å². The number of carbonyl (C=O) groups is 1. The molecule has 0 aromatic carbocycles. The number of hydrogen-bond donors (Lipinski definition) is 0. The van der Waals surface area contributed by atoms with Gasteiger partial charge in [-0.25, -0.2) is 0 Å². The molecule has 0 heterocycles. The van der Waals surface area contributed by atoms with Gasteiger partial charge in [0.25, 0.3) is 0 Å². The van der Waals surface area contributed by atoms with Crippen LogP contribution >= 0.6 is 0 Å². The monoisotopic (exact) mass is 286 g/mol. The summed E-state index contributed by atoms with van der Waals surface area (Å²) < 4.78 is 0. The maximum absolute atomic E-state index is 11.9. The second-order valence-electron chi connectivity index (χ2n) is 6.86. The molecule has 0 fully saturated rings. The third-order valence-electron chi connectivity index (χ3n) is 4.48. The Hall–Kier alpha value is -1.37. The van der Waals surface area contributed by atoms with E-state index in [9.17, 15) is 4.79 Å². The van der Waals surface area contributed by atoms with Crippen LogP contribution in [-0.4, -0.2) is 5.78 Å². The number of Topliss-reactive ketones (excluding diaryl/α,β-unsaturated/α-hetero) is 1. The molecule has 1 heteroatoms. The minimum Gasteiger partial charge on any atom is -0.295 e. The summed E-state index contributed by atoms with van der Waals surface area (Å²) in [6.45, 7) is 12.9. The van der Waals surface area contributed by atoms with E-state index in [1.165, 1.54) is 17.6 Å². The first-order valence-electron chi connectivity index (χ1n) is 8.05. The van der Waals surface area contributed by atoms with Crippen LogP contribution in [0.3, 0.4) is 0 Å². The lowest BCUT2D eigenvalue weighted by atomic mass is 9.72. The summed E-state index contributed by atoms with van der Waals surface area (Å²) >= 11 is 0. The van der Waals surface area contributed by atoms with Gasteiger partial charge in [0.2, 0.25) is 0 Å². The van der Waals surface area contributed by atoms with E-state index in [4.69, 9.17) is 0 Å². The van der Waals surface area contributed by atoms with E-state index in [2.05, 4.69) is 65.0 Å². The fraction of sp³-hybridized carbons (Fsp3) is 0.550. The Morgan fingerprint density at radius 2 is 2.05 bits per heavy atom. The highest BCUT2D eigenvalue weighted by Crippen LogP contribution is 2.39. The van der Waals surface area contributed by atoms with E-state index in [0.717, 1.165) is 12.0 Å². The van der Waals surface area contributed by atoms with E-state index in [0.29, 0.717) is 18.1 Å². The molecule has 1 unspecified atom stereocenters. The third kappa shape index (κ3) is 5.15. The molecule has 1 nitrogen and oxygen atoms in total. The summed E-state index contributed by atoms with van der Waals surface area (Å²) in [6.07, 6.45) is 13.6. The van der Waals surface area contributed by atoms with Crippen molar-refractivity contribution < 1.29 is 4.79 Å². The third-order valence-corrected chi connectivity index (χ3v) is 4.48. The van der Waals surface area contributed by atoms with Crippen molar-refractivity contribution >= 4 is 5.78 Å². The first-order valence-corrected chi connectivity index (χ1v) is 8.05. The molecule has 0 aromatic rings. The molecular weight excluding hydrogens is 256 g/mol. The molecule has 1 aliphatic rings. The molecule has 116 valence electrons. The first kappa shape index (κ1) is 17.7. The van der Waals surface area contributed by atoms with Crippen molar-refractivity contribution in [3.8, 4) is 0 Å². The molecule has 0 amide bonds. The van der Waals surface area contributed by atoms with E-state index >= 15 is 0 Å². The molecule has 0 bridgehead atoms. The fourth-order valence-electron chi connectivity index (χ4n) is 2.56. The van der Waals surface area contributed by atoms with Crippen LogP contribution in [0.5, 0.6) is 0 Å². The number of allylic oxidation sites excluding steroid dienone is 8. The summed E-state index contributed by atoms with van der Waals surface area (Å²) in [7, 11) is 0. The van der Waals surface area contributed by atoms with Gasteiger partial charge in [0, 0.05) is 6.42 Å². The molecular formula is C20H30O. The number of hydrogen-bond acceptors (Lipinski definition) is 1. The molecule has 21 heavy (non-hydrogen) atoms. The zero-order valence-electron chi connectivity index (χ0n) is 14.5. The van der Waals surface area contributed by atoms with Gasteiger partial charge < -0.3 is 0 Å².